The molecule has 2 N–H and O–H groups in total. The molecular weight excluding hydrogens is 192 g/mol. The number of nitrogens with two attached hydrogens (primary N) is 1. The molecule has 1 atom stereocenters. The summed E-state index contributed by atoms with van der Waals surface area (Å²) in [6, 6.07) is 0.0846. The molecule has 1 aliphatic rings. The Morgan fingerprint density at radius 1 is 1.43 bits per heavy atom. The number of nitrogens with zero attached hydrogens (tertiary/aromatic N) is 1. The summed E-state index contributed by atoms with van der Waals surface area (Å²) in [6.45, 7) is 4.15. The normalized spacial score (nSPS) is 20.2. The van der Waals surface area contributed by atoms with Gasteiger partial charge in [0.1, 0.15) is 0 Å². The predicted molar refractivity (Wildman–Crippen MR) is 60.7 cm³/mol. The van der Waals surface area contributed by atoms with Gasteiger partial charge in [0, 0.05) is 16.8 Å². The Balaban J connectivity index is 2.22. The van der Waals surface area contributed by atoms with Gasteiger partial charge in [-0.15, -0.1) is 11.3 Å². The van der Waals surface area contributed by atoms with Crippen molar-refractivity contribution in [2.45, 2.75) is 51.5 Å². The van der Waals surface area contributed by atoms with Crippen molar-refractivity contribution in [2.24, 2.45) is 5.73 Å². The smallest absolute Gasteiger partial charge is 0.0962 e. The molecular formula is C11H18N2S. The van der Waals surface area contributed by atoms with Crippen LogP contribution in [0.3, 0.4) is 0 Å². The highest BCUT2D eigenvalue weighted by Crippen LogP contribution is 2.37. The number of aryl methyl sites for hydroxylation is 1. The largest absolute Gasteiger partial charge is 0.323 e. The number of hydrogen-bond acceptors (Lipinski definition) is 3. The zero-order valence-corrected chi connectivity index (χ0v) is 9.73. The lowest BCUT2D eigenvalue weighted by atomic mass is 10.1. The van der Waals surface area contributed by atoms with Gasteiger partial charge >= 0.3 is 0 Å². The third kappa shape index (κ3) is 1.84. The molecule has 1 aromatic rings. The zero-order chi connectivity index (χ0) is 10.1. The van der Waals surface area contributed by atoms with Crippen molar-refractivity contribution in [3.63, 3.8) is 0 Å². The van der Waals surface area contributed by atoms with Gasteiger partial charge in [0.05, 0.1) is 10.7 Å². The van der Waals surface area contributed by atoms with Gasteiger partial charge in [-0.05, 0) is 26.7 Å². The van der Waals surface area contributed by atoms with Gasteiger partial charge in [0.15, 0.2) is 0 Å². The summed E-state index contributed by atoms with van der Waals surface area (Å²) in [4.78, 5) is 5.99. The van der Waals surface area contributed by atoms with Crippen molar-refractivity contribution in [2.75, 3.05) is 0 Å². The van der Waals surface area contributed by atoms with Crippen LogP contribution in [-0.2, 0) is 0 Å². The van der Waals surface area contributed by atoms with Crippen LogP contribution in [0.2, 0.25) is 0 Å². The molecule has 1 fully saturated rings. The fourth-order valence-corrected chi connectivity index (χ4v) is 3.40. The molecule has 0 saturated heterocycles. The van der Waals surface area contributed by atoms with E-state index in [1.807, 2.05) is 18.3 Å². The molecule has 0 aliphatic heterocycles. The maximum absolute atomic E-state index is 5.87. The molecule has 1 aromatic heterocycles. The monoisotopic (exact) mass is 210 g/mol. The van der Waals surface area contributed by atoms with Crippen LogP contribution in [0.4, 0.5) is 0 Å². The highest BCUT2D eigenvalue weighted by Gasteiger charge is 2.22. The molecule has 1 saturated carbocycles. The van der Waals surface area contributed by atoms with E-state index in [0.29, 0.717) is 0 Å². The average molecular weight is 210 g/mol. The third-order valence-corrected chi connectivity index (χ3v) is 4.13. The van der Waals surface area contributed by atoms with E-state index in [0.717, 1.165) is 11.6 Å². The molecule has 1 heterocycles. The fourth-order valence-electron chi connectivity index (χ4n) is 2.20. The second-order valence-corrected chi connectivity index (χ2v) is 5.50. The van der Waals surface area contributed by atoms with Crippen LogP contribution < -0.4 is 5.73 Å². The van der Waals surface area contributed by atoms with Gasteiger partial charge in [0.2, 0.25) is 0 Å². The van der Waals surface area contributed by atoms with Crippen molar-refractivity contribution >= 4 is 11.3 Å². The summed E-state index contributed by atoms with van der Waals surface area (Å²) in [5.41, 5.74) is 6.98. The summed E-state index contributed by atoms with van der Waals surface area (Å²) in [7, 11) is 0. The first-order valence-electron chi connectivity index (χ1n) is 5.41. The van der Waals surface area contributed by atoms with E-state index in [1.165, 1.54) is 35.6 Å². The maximum Gasteiger partial charge on any atom is 0.0962 e. The lowest BCUT2D eigenvalue weighted by Crippen LogP contribution is -2.07. The molecule has 78 valence electrons. The molecule has 0 radical (unpaired) electrons. The zero-order valence-electron chi connectivity index (χ0n) is 8.92. The minimum Gasteiger partial charge on any atom is -0.323 e. The van der Waals surface area contributed by atoms with Gasteiger partial charge in [-0.25, -0.2) is 4.98 Å². The standard InChI is InChI=1S/C11H18N2S/c1-7(12)10-8(2)14-11(13-10)9-5-3-4-6-9/h7,9H,3-6,12H2,1-2H3. The van der Waals surface area contributed by atoms with Crippen molar-refractivity contribution in [1.29, 1.82) is 0 Å². The molecule has 0 spiro atoms. The molecule has 2 rings (SSSR count). The number of rotatable bonds is 2. The molecule has 3 heteroatoms. The number of thiazole rings is 1. The lowest BCUT2D eigenvalue weighted by Gasteiger charge is -2.03. The number of hydrogen-bond donors (Lipinski definition) is 1. The second kappa shape index (κ2) is 3.99. The van der Waals surface area contributed by atoms with Crippen LogP contribution in [-0.4, -0.2) is 4.98 Å². The van der Waals surface area contributed by atoms with E-state index in [2.05, 4.69) is 11.9 Å². The third-order valence-electron chi connectivity index (χ3n) is 2.98. The molecule has 1 aliphatic carbocycles. The summed E-state index contributed by atoms with van der Waals surface area (Å²) in [6.07, 6.45) is 5.39. The van der Waals surface area contributed by atoms with Gasteiger partial charge in [0.25, 0.3) is 0 Å². The van der Waals surface area contributed by atoms with Crippen molar-refractivity contribution in [3.05, 3.63) is 15.6 Å². The highest BCUT2D eigenvalue weighted by atomic mass is 32.1. The predicted octanol–water partition coefficient (Wildman–Crippen LogP) is 3.13. The molecule has 2 nitrogen and oxygen atoms in total. The Morgan fingerprint density at radius 2 is 2.07 bits per heavy atom. The van der Waals surface area contributed by atoms with Crippen LogP contribution in [0.15, 0.2) is 0 Å². The molecule has 0 bridgehead atoms. The van der Waals surface area contributed by atoms with Crippen molar-refractivity contribution < 1.29 is 0 Å². The quantitative estimate of drug-likeness (QED) is 0.814. The van der Waals surface area contributed by atoms with Crippen LogP contribution in [0.5, 0.6) is 0 Å². The summed E-state index contributed by atoms with van der Waals surface area (Å²) in [5, 5.41) is 1.33. The maximum atomic E-state index is 5.87. The van der Waals surface area contributed by atoms with Gasteiger partial charge < -0.3 is 5.73 Å². The van der Waals surface area contributed by atoms with E-state index < -0.39 is 0 Å². The number of aromatic nitrogens is 1. The van der Waals surface area contributed by atoms with Gasteiger partial charge in [-0.1, -0.05) is 12.8 Å². The topological polar surface area (TPSA) is 38.9 Å². The minimum absolute atomic E-state index is 0.0846. The highest BCUT2D eigenvalue weighted by molar-refractivity contribution is 7.11. The van der Waals surface area contributed by atoms with E-state index >= 15 is 0 Å². The Hall–Kier alpha value is -0.410. The molecule has 0 aromatic carbocycles. The lowest BCUT2D eigenvalue weighted by molar-refractivity contribution is 0.699. The second-order valence-electron chi connectivity index (χ2n) is 4.26. The first-order valence-corrected chi connectivity index (χ1v) is 6.23. The minimum atomic E-state index is 0.0846. The van der Waals surface area contributed by atoms with E-state index in [9.17, 15) is 0 Å². The Labute approximate surface area is 89.5 Å². The molecule has 0 amide bonds. The molecule has 14 heavy (non-hydrogen) atoms. The molecule has 1 unspecified atom stereocenters. The van der Waals surface area contributed by atoms with Crippen LogP contribution in [0, 0.1) is 6.92 Å². The fraction of sp³-hybridized carbons (Fsp3) is 0.727. The van der Waals surface area contributed by atoms with Crippen molar-refractivity contribution in [3.8, 4) is 0 Å². The van der Waals surface area contributed by atoms with E-state index in [4.69, 9.17) is 5.73 Å². The van der Waals surface area contributed by atoms with Gasteiger partial charge in [-0.2, -0.15) is 0 Å². The van der Waals surface area contributed by atoms with Gasteiger partial charge in [-0.3, -0.25) is 0 Å². The van der Waals surface area contributed by atoms with Crippen molar-refractivity contribution in [1.82, 2.24) is 4.98 Å². The summed E-state index contributed by atoms with van der Waals surface area (Å²) in [5.74, 6) is 0.728. The van der Waals surface area contributed by atoms with E-state index in [1.54, 1.807) is 0 Å². The van der Waals surface area contributed by atoms with Crippen LogP contribution >= 0.6 is 11.3 Å². The average Bonchev–Trinajstić information content (AvgIpc) is 2.70. The Bertz CT molecular complexity index is 311. The summed E-state index contributed by atoms with van der Waals surface area (Å²) < 4.78 is 0. The van der Waals surface area contributed by atoms with Crippen LogP contribution in [0.25, 0.3) is 0 Å². The summed E-state index contributed by atoms with van der Waals surface area (Å²) >= 11 is 1.85. The SMILES string of the molecule is Cc1sc(C2CCCC2)nc1C(C)N. The Morgan fingerprint density at radius 3 is 2.57 bits per heavy atom. The first-order chi connectivity index (χ1) is 6.68. The Kier molecular flexibility index (Phi) is 2.88. The van der Waals surface area contributed by atoms with E-state index in [-0.39, 0.29) is 6.04 Å². The van der Waals surface area contributed by atoms with Crippen LogP contribution in [0.1, 0.15) is 60.1 Å². The first kappa shape index (κ1) is 10.1.